The van der Waals surface area contributed by atoms with Crippen LogP contribution in [0.5, 0.6) is 0 Å². The van der Waals surface area contributed by atoms with Crippen molar-refractivity contribution in [1.29, 1.82) is 0 Å². The van der Waals surface area contributed by atoms with Crippen LogP contribution in [0, 0.1) is 0 Å². The van der Waals surface area contributed by atoms with Crippen LogP contribution in [0.1, 0.15) is 36.3 Å². The summed E-state index contributed by atoms with van der Waals surface area (Å²) in [6, 6.07) is 0.631. The van der Waals surface area contributed by atoms with Crippen LogP contribution in [0.25, 0.3) is 0 Å². The van der Waals surface area contributed by atoms with Gasteiger partial charge in [-0.25, -0.2) is 4.98 Å². The van der Waals surface area contributed by atoms with Crippen molar-refractivity contribution in [3.63, 3.8) is 0 Å². The molecule has 1 aromatic heterocycles. The highest BCUT2D eigenvalue weighted by atomic mass is 35.5. The summed E-state index contributed by atoms with van der Waals surface area (Å²) >= 11 is 1.84. The molecule has 96 valence electrons. The number of aromatic nitrogens is 1. The van der Waals surface area contributed by atoms with E-state index in [4.69, 9.17) is 0 Å². The van der Waals surface area contributed by atoms with E-state index in [2.05, 4.69) is 22.1 Å². The first-order valence-electron chi connectivity index (χ1n) is 6.21. The molecule has 1 N–H and O–H groups in total. The van der Waals surface area contributed by atoms with Crippen molar-refractivity contribution in [2.24, 2.45) is 0 Å². The van der Waals surface area contributed by atoms with Gasteiger partial charge in [0.25, 0.3) is 0 Å². The van der Waals surface area contributed by atoms with Crippen molar-refractivity contribution in [1.82, 2.24) is 15.2 Å². The Kier molecular flexibility index (Phi) is 4.42. The second-order valence-corrected chi connectivity index (χ2v) is 5.96. The van der Waals surface area contributed by atoms with E-state index in [1.54, 1.807) is 0 Å². The van der Waals surface area contributed by atoms with Gasteiger partial charge in [-0.05, 0) is 19.8 Å². The van der Waals surface area contributed by atoms with Crippen LogP contribution < -0.4 is 5.32 Å². The van der Waals surface area contributed by atoms with Crippen molar-refractivity contribution in [3.05, 3.63) is 16.1 Å². The molecule has 3 rings (SSSR count). The molecule has 2 heterocycles. The highest BCUT2D eigenvalue weighted by Gasteiger charge is 2.29. The van der Waals surface area contributed by atoms with Gasteiger partial charge in [0.1, 0.15) is 0 Å². The molecule has 1 aliphatic heterocycles. The summed E-state index contributed by atoms with van der Waals surface area (Å²) in [6.45, 7) is 6.84. The lowest BCUT2D eigenvalue weighted by atomic mass is 10.2. The van der Waals surface area contributed by atoms with Crippen LogP contribution >= 0.6 is 23.7 Å². The SMILES string of the molecule is CC1CN(Cc2scnc2C2CC2)CCN1.Cl. The third kappa shape index (κ3) is 3.19. The van der Waals surface area contributed by atoms with Crippen LogP contribution in [0.4, 0.5) is 0 Å². The lowest BCUT2D eigenvalue weighted by molar-refractivity contribution is 0.200. The average Bonchev–Trinajstić information content (AvgIpc) is 3.00. The number of rotatable bonds is 3. The predicted octanol–water partition coefficient (Wildman–Crippen LogP) is 2.24. The number of nitrogens with zero attached hydrogens (tertiary/aromatic N) is 2. The molecular weight excluding hydrogens is 254 g/mol. The third-order valence-corrected chi connectivity index (χ3v) is 4.29. The molecule has 1 saturated carbocycles. The van der Waals surface area contributed by atoms with Gasteiger partial charge < -0.3 is 5.32 Å². The van der Waals surface area contributed by atoms with Gasteiger partial charge in [0.05, 0.1) is 11.2 Å². The average molecular weight is 274 g/mol. The van der Waals surface area contributed by atoms with E-state index in [1.165, 1.54) is 36.5 Å². The molecule has 2 aliphatic rings. The third-order valence-electron chi connectivity index (χ3n) is 3.46. The lowest BCUT2D eigenvalue weighted by Gasteiger charge is -2.31. The van der Waals surface area contributed by atoms with Gasteiger partial charge in [0.15, 0.2) is 0 Å². The maximum absolute atomic E-state index is 4.54. The zero-order valence-electron chi connectivity index (χ0n) is 10.2. The maximum Gasteiger partial charge on any atom is 0.0798 e. The van der Waals surface area contributed by atoms with Gasteiger partial charge in [-0.1, -0.05) is 0 Å². The summed E-state index contributed by atoms with van der Waals surface area (Å²) in [4.78, 5) is 8.61. The van der Waals surface area contributed by atoms with Crippen LogP contribution in [0.3, 0.4) is 0 Å². The fourth-order valence-electron chi connectivity index (χ4n) is 2.45. The smallest absolute Gasteiger partial charge is 0.0798 e. The number of thiazole rings is 1. The van der Waals surface area contributed by atoms with Crippen molar-refractivity contribution in [2.45, 2.75) is 38.3 Å². The summed E-state index contributed by atoms with van der Waals surface area (Å²) in [5.41, 5.74) is 3.42. The Hall–Kier alpha value is -0.160. The summed E-state index contributed by atoms with van der Waals surface area (Å²) in [5, 5.41) is 3.49. The van der Waals surface area contributed by atoms with E-state index >= 15 is 0 Å². The minimum atomic E-state index is 0. The molecule has 3 nitrogen and oxygen atoms in total. The largest absolute Gasteiger partial charge is 0.312 e. The molecular formula is C12H20ClN3S. The first-order chi connectivity index (χ1) is 7.83. The molecule has 0 radical (unpaired) electrons. The van der Waals surface area contributed by atoms with Gasteiger partial charge in [0, 0.05) is 43.0 Å². The predicted molar refractivity (Wildman–Crippen MR) is 74.1 cm³/mol. The highest BCUT2D eigenvalue weighted by molar-refractivity contribution is 7.09. The topological polar surface area (TPSA) is 28.2 Å². The second kappa shape index (κ2) is 5.65. The van der Waals surface area contributed by atoms with Crippen molar-refractivity contribution in [2.75, 3.05) is 19.6 Å². The fraction of sp³-hybridized carbons (Fsp3) is 0.750. The zero-order chi connectivity index (χ0) is 11.0. The molecule has 0 amide bonds. The summed E-state index contributed by atoms with van der Waals surface area (Å²) in [6.07, 6.45) is 2.71. The Morgan fingerprint density at radius 3 is 3.06 bits per heavy atom. The van der Waals surface area contributed by atoms with E-state index in [9.17, 15) is 0 Å². The van der Waals surface area contributed by atoms with Gasteiger partial charge in [0.2, 0.25) is 0 Å². The molecule has 0 aromatic carbocycles. The van der Waals surface area contributed by atoms with E-state index in [0.29, 0.717) is 6.04 Å². The summed E-state index contributed by atoms with van der Waals surface area (Å²) in [5.74, 6) is 0.793. The van der Waals surface area contributed by atoms with Gasteiger partial charge in [-0.3, -0.25) is 4.90 Å². The van der Waals surface area contributed by atoms with Gasteiger partial charge >= 0.3 is 0 Å². The molecule has 1 aliphatic carbocycles. The molecule has 17 heavy (non-hydrogen) atoms. The molecule has 1 atom stereocenters. The van der Waals surface area contributed by atoms with Crippen LogP contribution in [-0.4, -0.2) is 35.6 Å². The first-order valence-corrected chi connectivity index (χ1v) is 7.09. The van der Waals surface area contributed by atoms with Crippen LogP contribution in [0.2, 0.25) is 0 Å². The standard InChI is InChI=1S/C12H19N3S.ClH/c1-9-6-15(5-4-13-9)7-11-12(10-2-3-10)14-8-16-11;/h8-10,13H,2-7H2,1H3;1H. The minimum absolute atomic E-state index is 0. The summed E-state index contributed by atoms with van der Waals surface area (Å²) in [7, 11) is 0. The van der Waals surface area contributed by atoms with Crippen molar-refractivity contribution < 1.29 is 0 Å². The van der Waals surface area contributed by atoms with E-state index in [0.717, 1.165) is 19.0 Å². The van der Waals surface area contributed by atoms with E-state index in [1.807, 2.05) is 16.8 Å². The molecule has 1 saturated heterocycles. The molecule has 0 spiro atoms. The van der Waals surface area contributed by atoms with E-state index < -0.39 is 0 Å². The molecule has 5 heteroatoms. The number of nitrogens with one attached hydrogen (secondary N) is 1. The van der Waals surface area contributed by atoms with Crippen LogP contribution in [0.15, 0.2) is 5.51 Å². The molecule has 1 unspecified atom stereocenters. The monoisotopic (exact) mass is 273 g/mol. The maximum atomic E-state index is 4.54. The normalized spacial score (nSPS) is 25.6. The Labute approximate surface area is 113 Å². The minimum Gasteiger partial charge on any atom is -0.312 e. The second-order valence-electron chi connectivity index (χ2n) is 5.03. The van der Waals surface area contributed by atoms with E-state index in [-0.39, 0.29) is 12.4 Å². The van der Waals surface area contributed by atoms with Crippen molar-refractivity contribution >= 4 is 23.7 Å². The Morgan fingerprint density at radius 1 is 1.53 bits per heavy atom. The molecule has 1 aromatic rings. The first kappa shape index (κ1) is 13.3. The number of hydrogen-bond acceptors (Lipinski definition) is 4. The Bertz CT molecular complexity index is 364. The zero-order valence-corrected chi connectivity index (χ0v) is 11.8. The number of piperazine rings is 1. The Balaban J connectivity index is 0.00000108. The number of halogens is 1. The van der Waals surface area contributed by atoms with Gasteiger partial charge in [-0.2, -0.15) is 0 Å². The Morgan fingerprint density at radius 2 is 2.35 bits per heavy atom. The fourth-order valence-corrected chi connectivity index (χ4v) is 3.34. The quantitative estimate of drug-likeness (QED) is 0.916. The van der Waals surface area contributed by atoms with Crippen molar-refractivity contribution in [3.8, 4) is 0 Å². The van der Waals surface area contributed by atoms with Gasteiger partial charge in [-0.15, -0.1) is 23.7 Å². The summed E-state index contributed by atoms with van der Waals surface area (Å²) < 4.78 is 0. The van der Waals surface area contributed by atoms with Crippen LogP contribution in [-0.2, 0) is 6.54 Å². The highest BCUT2D eigenvalue weighted by Crippen LogP contribution is 2.42. The lowest BCUT2D eigenvalue weighted by Crippen LogP contribution is -2.48. The number of hydrogen-bond donors (Lipinski definition) is 1. The molecule has 2 fully saturated rings. The molecule has 0 bridgehead atoms.